The molecule has 0 fully saturated rings. The third-order valence-corrected chi connectivity index (χ3v) is 3.83. The monoisotopic (exact) mass is 455 g/mol. The molecule has 0 bridgehead atoms. The van der Waals surface area contributed by atoms with Gasteiger partial charge in [-0.15, -0.1) is 0 Å². The molecule has 0 unspecified atom stereocenters. The fraction of sp³-hybridized carbons (Fsp3) is 0.609. The Morgan fingerprint density at radius 2 is 1.09 bits per heavy atom. The van der Waals surface area contributed by atoms with Crippen LogP contribution in [0.2, 0.25) is 0 Å². The van der Waals surface area contributed by atoms with Gasteiger partial charge < -0.3 is 30.2 Å². The number of hydrogen-bond donors (Lipinski definition) is 3. The first-order valence-electron chi connectivity index (χ1n) is 10.8. The Morgan fingerprint density at radius 1 is 0.750 bits per heavy atom. The normalized spacial score (nSPS) is 10.0. The van der Waals surface area contributed by atoms with E-state index in [0.29, 0.717) is 32.8 Å². The summed E-state index contributed by atoms with van der Waals surface area (Å²) in [7, 11) is 0. The van der Waals surface area contributed by atoms with Gasteiger partial charge in [-0.2, -0.15) is 0 Å². The Morgan fingerprint density at radius 3 is 1.41 bits per heavy atom. The van der Waals surface area contributed by atoms with Gasteiger partial charge in [-0.3, -0.25) is 14.4 Å². The number of carbonyl (C=O) groups is 3. The summed E-state index contributed by atoms with van der Waals surface area (Å²) < 4.78 is 16.6. The van der Waals surface area contributed by atoms with Gasteiger partial charge in [0.05, 0.1) is 33.0 Å². The van der Waals surface area contributed by atoms with Crippen LogP contribution in [0.3, 0.4) is 0 Å². The second-order valence-electron chi connectivity index (χ2n) is 6.93. The summed E-state index contributed by atoms with van der Waals surface area (Å²) in [6, 6.07) is 0. The Balaban J connectivity index is 0. The number of rotatable bonds is 18. The van der Waals surface area contributed by atoms with E-state index in [4.69, 9.17) is 14.2 Å². The molecule has 184 valence electrons. The molecule has 3 amide bonds. The predicted octanol–water partition coefficient (Wildman–Crippen LogP) is 1.36. The average Bonchev–Trinajstić information content (AvgIpc) is 2.80. The minimum Gasteiger partial charge on any atom is -0.377 e. The maximum atomic E-state index is 11.1. The van der Waals surface area contributed by atoms with Crippen LogP contribution in [0.4, 0.5) is 0 Å². The zero-order valence-electron chi connectivity index (χ0n) is 19.8. The van der Waals surface area contributed by atoms with Gasteiger partial charge in [-0.05, 0) is 24.1 Å². The molecule has 0 aromatic carbocycles. The third-order valence-electron chi connectivity index (χ3n) is 3.83. The van der Waals surface area contributed by atoms with Crippen molar-refractivity contribution >= 4 is 17.7 Å². The molecule has 0 atom stereocenters. The highest BCUT2D eigenvalue weighted by molar-refractivity contribution is 5.87. The van der Waals surface area contributed by atoms with Crippen LogP contribution in [0, 0.1) is 5.92 Å². The lowest BCUT2D eigenvalue weighted by Gasteiger charge is -2.18. The van der Waals surface area contributed by atoms with E-state index in [-0.39, 0.29) is 43.6 Å². The first kappa shape index (κ1) is 31.7. The summed E-state index contributed by atoms with van der Waals surface area (Å²) in [5.74, 6) is 0.0668. The van der Waals surface area contributed by atoms with E-state index < -0.39 is 0 Å². The minimum absolute atomic E-state index is 0.248. The quantitative estimate of drug-likeness (QED) is 0.212. The van der Waals surface area contributed by atoms with Gasteiger partial charge in [0.1, 0.15) is 6.10 Å². The zero-order valence-corrected chi connectivity index (χ0v) is 19.8. The van der Waals surface area contributed by atoms with Crippen molar-refractivity contribution in [1.82, 2.24) is 16.0 Å². The van der Waals surface area contributed by atoms with Crippen molar-refractivity contribution in [3.8, 4) is 0 Å². The third kappa shape index (κ3) is 23.8. The molecule has 0 aliphatic rings. The molecule has 32 heavy (non-hydrogen) atoms. The van der Waals surface area contributed by atoms with Crippen LogP contribution in [0.25, 0.3) is 0 Å². The van der Waals surface area contributed by atoms with Crippen LogP contribution < -0.4 is 16.0 Å². The van der Waals surface area contributed by atoms with E-state index in [1.165, 1.54) is 24.6 Å². The maximum absolute atomic E-state index is 11.1. The van der Waals surface area contributed by atoms with Crippen LogP contribution in [0.1, 0.15) is 27.2 Å². The molecule has 0 saturated carbocycles. The summed E-state index contributed by atoms with van der Waals surface area (Å²) in [6.07, 6.45) is 4.49. The van der Waals surface area contributed by atoms with E-state index in [1.54, 1.807) is 0 Å². The van der Waals surface area contributed by atoms with Crippen molar-refractivity contribution in [2.24, 2.45) is 5.92 Å². The van der Waals surface area contributed by atoms with E-state index in [2.05, 4.69) is 56.5 Å². The number of hydrogen-bond acceptors (Lipinski definition) is 6. The molecule has 0 saturated heterocycles. The van der Waals surface area contributed by atoms with Crippen molar-refractivity contribution in [2.45, 2.75) is 33.3 Å². The highest BCUT2D eigenvalue weighted by Gasteiger charge is 2.10. The van der Waals surface area contributed by atoms with E-state index in [9.17, 15) is 14.4 Å². The molecule has 0 aliphatic heterocycles. The average molecular weight is 456 g/mol. The van der Waals surface area contributed by atoms with Crippen molar-refractivity contribution in [1.29, 1.82) is 0 Å². The van der Waals surface area contributed by atoms with Crippen LogP contribution in [0.15, 0.2) is 38.0 Å². The molecule has 9 heteroatoms. The Bertz CT molecular complexity index is 522. The van der Waals surface area contributed by atoms with Gasteiger partial charge >= 0.3 is 0 Å². The SMILES string of the molecule is C=CC(=O)NCCOCC(COCCNC(=O)C=C)OCCNC(=O)C=C.CCC(C)C. The Labute approximate surface area is 192 Å². The van der Waals surface area contributed by atoms with Crippen LogP contribution in [0.5, 0.6) is 0 Å². The van der Waals surface area contributed by atoms with Crippen LogP contribution in [-0.4, -0.2) is 76.5 Å². The zero-order chi connectivity index (χ0) is 24.6. The van der Waals surface area contributed by atoms with Gasteiger partial charge in [-0.1, -0.05) is 46.9 Å². The molecule has 0 aromatic heterocycles. The number of nitrogens with one attached hydrogen (secondary N) is 3. The van der Waals surface area contributed by atoms with Gasteiger partial charge in [-0.25, -0.2) is 0 Å². The van der Waals surface area contributed by atoms with E-state index in [0.717, 1.165) is 5.92 Å². The van der Waals surface area contributed by atoms with Gasteiger partial charge in [0.25, 0.3) is 0 Å². The number of ether oxygens (including phenoxy) is 3. The number of carbonyl (C=O) groups excluding carboxylic acids is 3. The van der Waals surface area contributed by atoms with Gasteiger partial charge in [0.15, 0.2) is 0 Å². The molecule has 0 aromatic rings. The second-order valence-corrected chi connectivity index (χ2v) is 6.93. The minimum atomic E-state index is -0.365. The molecular weight excluding hydrogens is 414 g/mol. The molecule has 9 nitrogen and oxygen atoms in total. The summed E-state index contributed by atoms with van der Waals surface area (Å²) in [6.45, 7) is 19.1. The lowest BCUT2D eigenvalue weighted by Crippen LogP contribution is -2.33. The number of amides is 3. The fourth-order valence-corrected chi connectivity index (χ4v) is 1.68. The summed E-state index contributed by atoms with van der Waals surface area (Å²) in [5, 5.41) is 7.79. The lowest BCUT2D eigenvalue weighted by atomic mass is 10.2. The molecule has 0 aliphatic carbocycles. The molecular formula is C23H41N3O6. The van der Waals surface area contributed by atoms with Crippen LogP contribution >= 0.6 is 0 Å². The summed E-state index contributed by atoms with van der Waals surface area (Å²) in [4.78, 5) is 33.1. The van der Waals surface area contributed by atoms with Crippen molar-refractivity contribution in [3.05, 3.63) is 38.0 Å². The highest BCUT2D eigenvalue weighted by Crippen LogP contribution is 1.96. The molecule has 3 N–H and O–H groups in total. The lowest BCUT2D eigenvalue weighted by molar-refractivity contribution is -0.118. The van der Waals surface area contributed by atoms with Crippen LogP contribution in [-0.2, 0) is 28.6 Å². The fourth-order valence-electron chi connectivity index (χ4n) is 1.68. The molecule has 0 radical (unpaired) electrons. The Hall–Kier alpha value is -2.49. The van der Waals surface area contributed by atoms with Gasteiger partial charge in [0, 0.05) is 19.6 Å². The van der Waals surface area contributed by atoms with E-state index in [1.807, 2.05) is 0 Å². The topological polar surface area (TPSA) is 115 Å². The maximum Gasteiger partial charge on any atom is 0.243 e. The molecule has 0 spiro atoms. The first-order chi connectivity index (χ1) is 15.3. The largest absolute Gasteiger partial charge is 0.377 e. The van der Waals surface area contributed by atoms with Crippen molar-refractivity contribution in [2.75, 3.05) is 52.7 Å². The van der Waals surface area contributed by atoms with Crippen molar-refractivity contribution in [3.63, 3.8) is 0 Å². The standard InChI is InChI=1S/C18H29N3O6.C5H12/c1-4-16(22)19-7-10-25-13-15(27-12-9-21-18(24)6-3)14-26-11-8-20-17(23)5-2;1-4-5(2)3/h4-6,15H,1-3,7-14H2,(H,19,22)(H,20,23)(H,21,24);5H,4H2,1-3H3. The van der Waals surface area contributed by atoms with Gasteiger partial charge in [0.2, 0.25) is 17.7 Å². The molecule has 0 heterocycles. The Kier molecular flexibility index (Phi) is 23.0. The summed E-state index contributed by atoms with van der Waals surface area (Å²) >= 11 is 0. The highest BCUT2D eigenvalue weighted by atomic mass is 16.6. The van der Waals surface area contributed by atoms with Crippen molar-refractivity contribution < 1.29 is 28.6 Å². The second kappa shape index (κ2) is 23.2. The molecule has 0 rings (SSSR count). The first-order valence-corrected chi connectivity index (χ1v) is 10.8. The van der Waals surface area contributed by atoms with E-state index >= 15 is 0 Å². The summed E-state index contributed by atoms with van der Waals surface area (Å²) in [5.41, 5.74) is 0. The smallest absolute Gasteiger partial charge is 0.243 e. The predicted molar refractivity (Wildman–Crippen MR) is 126 cm³/mol.